The third-order valence-corrected chi connectivity index (χ3v) is 4.16. The third kappa shape index (κ3) is 4.86. The zero-order valence-corrected chi connectivity index (χ0v) is 15.3. The Hall–Kier alpha value is -3.32. The number of nitrogens with one attached hydrogen (secondary N) is 3. The van der Waals surface area contributed by atoms with Crippen LogP contribution in [0.4, 0.5) is 16.2 Å². The van der Waals surface area contributed by atoms with Gasteiger partial charge in [0, 0.05) is 29.6 Å². The molecule has 8 heteroatoms. The van der Waals surface area contributed by atoms with E-state index in [1.165, 1.54) is 13.2 Å². The first-order valence-corrected chi connectivity index (χ1v) is 8.59. The van der Waals surface area contributed by atoms with Gasteiger partial charge in [-0.25, -0.2) is 4.79 Å². The Morgan fingerprint density at radius 3 is 2.56 bits per heavy atom. The highest BCUT2D eigenvalue weighted by atomic mass is 35.5. The number of carbonyl (C=O) groups excluding carboxylic acids is 2. The highest BCUT2D eigenvalue weighted by Gasteiger charge is 2.11. The molecule has 3 N–H and O–H groups in total. The minimum atomic E-state index is -0.334. The van der Waals surface area contributed by atoms with E-state index in [1.54, 1.807) is 35.1 Å². The largest absolute Gasteiger partial charge is 0.341 e. The van der Waals surface area contributed by atoms with Gasteiger partial charge in [-0.2, -0.15) is 5.10 Å². The van der Waals surface area contributed by atoms with Gasteiger partial charge in [-0.05, 0) is 29.8 Å². The summed E-state index contributed by atoms with van der Waals surface area (Å²) in [6.07, 6.45) is 3.16. The molecule has 27 heavy (non-hydrogen) atoms. The molecule has 7 nitrogen and oxygen atoms in total. The van der Waals surface area contributed by atoms with Crippen molar-refractivity contribution in [1.82, 2.24) is 15.1 Å². The molecule has 0 fully saturated rings. The number of anilines is 2. The van der Waals surface area contributed by atoms with Crippen LogP contribution in [-0.2, 0) is 6.54 Å². The number of nitrogens with zero attached hydrogens (tertiary/aromatic N) is 2. The summed E-state index contributed by atoms with van der Waals surface area (Å²) < 4.78 is 1.65. The van der Waals surface area contributed by atoms with Gasteiger partial charge >= 0.3 is 6.03 Å². The summed E-state index contributed by atoms with van der Waals surface area (Å²) >= 11 is 6.16. The average molecular weight is 384 g/mol. The number of hydrogen-bond donors (Lipinski definition) is 3. The molecule has 1 heterocycles. The Balaban J connectivity index is 1.67. The van der Waals surface area contributed by atoms with Gasteiger partial charge in [-0.3, -0.25) is 9.48 Å². The van der Waals surface area contributed by atoms with Crippen molar-refractivity contribution >= 4 is 34.9 Å². The molecule has 0 aliphatic heterocycles. The molecule has 0 saturated heterocycles. The lowest BCUT2D eigenvalue weighted by Gasteiger charge is -2.08. The zero-order valence-electron chi connectivity index (χ0n) is 14.6. The fourth-order valence-electron chi connectivity index (χ4n) is 2.44. The van der Waals surface area contributed by atoms with Gasteiger partial charge in [0.1, 0.15) is 0 Å². The maximum Gasteiger partial charge on any atom is 0.318 e. The second kappa shape index (κ2) is 8.37. The first kappa shape index (κ1) is 18.5. The summed E-state index contributed by atoms with van der Waals surface area (Å²) in [5, 5.41) is 12.8. The molecule has 3 amide bonds. The van der Waals surface area contributed by atoms with E-state index in [2.05, 4.69) is 21.0 Å². The van der Waals surface area contributed by atoms with E-state index >= 15 is 0 Å². The van der Waals surface area contributed by atoms with Gasteiger partial charge < -0.3 is 16.0 Å². The van der Waals surface area contributed by atoms with Gasteiger partial charge in [0.05, 0.1) is 18.3 Å². The predicted octanol–water partition coefficient (Wildman–Crippen LogP) is 3.59. The lowest BCUT2D eigenvalue weighted by atomic mass is 10.2. The maximum atomic E-state index is 12.4. The molecule has 3 rings (SSSR count). The SMILES string of the molecule is CNC(=O)Nc1cccc(NC(=O)c2cnn(Cc3ccccc3Cl)c2)c1. The summed E-state index contributed by atoms with van der Waals surface area (Å²) in [5.74, 6) is -0.294. The van der Waals surface area contributed by atoms with Crippen molar-refractivity contribution in [2.75, 3.05) is 17.7 Å². The number of benzene rings is 2. The van der Waals surface area contributed by atoms with E-state index in [1.807, 2.05) is 24.3 Å². The number of amides is 3. The van der Waals surface area contributed by atoms with Crippen molar-refractivity contribution in [3.05, 3.63) is 77.1 Å². The highest BCUT2D eigenvalue weighted by Crippen LogP contribution is 2.18. The van der Waals surface area contributed by atoms with E-state index in [-0.39, 0.29) is 11.9 Å². The molecular weight excluding hydrogens is 366 g/mol. The van der Waals surface area contributed by atoms with E-state index in [9.17, 15) is 9.59 Å². The smallest absolute Gasteiger partial charge is 0.318 e. The monoisotopic (exact) mass is 383 g/mol. The lowest BCUT2D eigenvalue weighted by Crippen LogP contribution is -2.24. The summed E-state index contributed by atoms with van der Waals surface area (Å²) in [7, 11) is 1.53. The van der Waals surface area contributed by atoms with Crippen molar-refractivity contribution in [2.24, 2.45) is 0 Å². The molecule has 0 atom stereocenters. The van der Waals surface area contributed by atoms with Crippen LogP contribution in [0.2, 0.25) is 5.02 Å². The van der Waals surface area contributed by atoms with E-state index < -0.39 is 0 Å². The van der Waals surface area contributed by atoms with Crippen molar-refractivity contribution in [3.8, 4) is 0 Å². The van der Waals surface area contributed by atoms with Crippen LogP contribution >= 0.6 is 11.6 Å². The van der Waals surface area contributed by atoms with Gasteiger partial charge in [-0.15, -0.1) is 0 Å². The van der Waals surface area contributed by atoms with Crippen molar-refractivity contribution in [3.63, 3.8) is 0 Å². The van der Waals surface area contributed by atoms with Crippen LogP contribution in [0.15, 0.2) is 60.9 Å². The molecule has 2 aromatic carbocycles. The molecule has 3 aromatic rings. The number of halogens is 1. The molecule has 0 unspecified atom stereocenters. The molecule has 0 radical (unpaired) electrons. The predicted molar refractivity (Wildman–Crippen MR) is 105 cm³/mol. The van der Waals surface area contributed by atoms with Crippen LogP contribution in [0, 0.1) is 0 Å². The Bertz CT molecular complexity index is 970. The topological polar surface area (TPSA) is 88.1 Å². The second-order valence-corrected chi connectivity index (χ2v) is 6.16. The summed E-state index contributed by atoms with van der Waals surface area (Å²) in [5.41, 5.74) is 2.48. The van der Waals surface area contributed by atoms with E-state index in [0.717, 1.165) is 5.56 Å². The number of urea groups is 1. The third-order valence-electron chi connectivity index (χ3n) is 3.79. The number of aromatic nitrogens is 2. The second-order valence-electron chi connectivity index (χ2n) is 5.76. The molecule has 1 aromatic heterocycles. The summed E-state index contributed by atoms with van der Waals surface area (Å²) in [6, 6.07) is 14.0. The van der Waals surface area contributed by atoms with Crippen molar-refractivity contribution < 1.29 is 9.59 Å². The minimum Gasteiger partial charge on any atom is -0.341 e. The molecular formula is C19H18ClN5O2. The van der Waals surface area contributed by atoms with Gasteiger partial charge in [0.15, 0.2) is 0 Å². The summed E-state index contributed by atoms with van der Waals surface area (Å²) in [6.45, 7) is 0.471. The van der Waals surface area contributed by atoms with Crippen LogP contribution in [0.1, 0.15) is 15.9 Å². The zero-order chi connectivity index (χ0) is 19.2. The van der Waals surface area contributed by atoms with Crippen LogP contribution in [0.5, 0.6) is 0 Å². The summed E-state index contributed by atoms with van der Waals surface area (Å²) in [4.78, 5) is 23.8. The fourth-order valence-corrected chi connectivity index (χ4v) is 2.64. The van der Waals surface area contributed by atoms with Crippen LogP contribution in [0.3, 0.4) is 0 Å². The maximum absolute atomic E-state index is 12.4. The Labute approximate surface area is 161 Å². The average Bonchev–Trinajstić information content (AvgIpc) is 3.12. The number of carbonyl (C=O) groups is 2. The van der Waals surface area contributed by atoms with Gasteiger partial charge in [0.2, 0.25) is 0 Å². The molecule has 138 valence electrons. The lowest BCUT2D eigenvalue weighted by molar-refractivity contribution is 0.102. The normalized spacial score (nSPS) is 10.3. The first-order chi connectivity index (χ1) is 13.0. The molecule has 0 aliphatic carbocycles. The molecule has 0 bridgehead atoms. The highest BCUT2D eigenvalue weighted by molar-refractivity contribution is 6.31. The van der Waals surface area contributed by atoms with Crippen LogP contribution in [-0.4, -0.2) is 28.8 Å². The van der Waals surface area contributed by atoms with Crippen LogP contribution < -0.4 is 16.0 Å². The Kier molecular flexibility index (Phi) is 5.73. The Morgan fingerprint density at radius 1 is 1.07 bits per heavy atom. The molecule has 0 spiro atoms. The fraction of sp³-hybridized carbons (Fsp3) is 0.105. The van der Waals surface area contributed by atoms with E-state index in [4.69, 9.17) is 11.6 Å². The first-order valence-electron chi connectivity index (χ1n) is 8.21. The number of rotatable bonds is 5. The minimum absolute atomic E-state index is 0.294. The number of hydrogen-bond acceptors (Lipinski definition) is 3. The van der Waals surface area contributed by atoms with Crippen molar-refractivity contribution in [2.45, 2.75) is 6.54 Å². The van der Waals surface area contributed by atoms with Gasteiger partial charge in [-0.1, -0.05) is 35.9 Å². The molecule has 0 aliphatic rings. The standard InChI is InChI=1S/C19H18ClN5O2/c1-21-19(27)24-16-7-4-6-15(9-16)23-18(26)14-10-22-25(12-14)11-13-5-2-3-8-17(13)20/h2-10,12H,11H2,1H3,(H,23,26)(H2,21,24,27). The quantitative estimate of drug-likeness (QED) is 0.629. The van der Waals surface area contributed by atoms with E-state index in [0.29, 0.717) is 28.5 Å². The Morgan fingerprint density at radius 2 is 1.81 bits per heavy atom. The van der Waals surface area contributed by atoms with Gasteiger partial charge in [0.25, 0.3) is 5.91 Å². The van der Waals surface area contributed by atoms with Crippen molar-refractivity contribution in [1.29, 1.82) is 0 Å². The van der Waals surface area contributed by atoms with Crippen LogP contribution in [0.25, 0.3) is 0 Å². The molecule has 0 saturated carbocycles.